The first-order valence-corrected chi connectivity index (χ1v) is 21.8. The van der Waals surface area contributed by atoms with E-state index in [1.165, 1.54) is 44.2 Å². The largest absolute Gasteiger partial charge is 0.573 e. The minimum Gasteiger partial charge on any atom is -0.444 e. The second kappa shape index (κ2) is 23.3. The second-order valence-corrected chi connectivity index (χ2v) is 18.5. The Balaban J connectivity index is 0.000000294. The van der Waals surface area contributed by atoms with E-state index in [1.54, 1.807) is 48.8 Å². The Morgan fingerprint density at radius 1 is 0.548 bits per heavy atom. The van der Waals surface area contributed by atoms with Gasteiger partial charge in [-0.2, -0.15) is 0 Å². The summed E-state index contributed by atoms with van der Waals surface area (Å²) >= 11 is 3.16. The van der Waals surface area contributed by atoms with Crippen LogP contribution >= 0.6 is 15.9 Å². The highest BCUT2D eigenvalue weighted by Gasteiger charge is 2.35. The maximum Gasteiger partial charge on any atom is 0.573 e. The zero-order chi connectivity index (χ0) is 45.0. The fraction of sp³-hybridized carbons (Fsp3) is 0.682. The summed E-state index contributed by atoms with van der Waals surface area (Å²) in [7, 11) is 0. The van der Waals surface area contributed by atoms with Crippen LogP contribution in [0.25, 0.3) is 0 Å². The Hall–Kier alpha value is -3.64. The van der Waals surface area contributed by atoms with Crippen molar-refractivity contribution in [3.8, 4) is 11.5 Å². The minimum atomic E-state index is -4.75. The predicted molar refractivity (Wildman–Crippen MR) is 231 cm³/mol. The van der Waals surface area contributed by atoms with Gasteiger partial charge in [0.2, 0.25) is 0 Å². The van der Waals surface area contributed by atoms with E-state index in [2.05, 4.69) is 30.3 Å². The van der Waals surface area contributed by atoms with Crippen LogP contribution < -0.4 is 14.4 Å². The maximum atomic E-state index is 13.0. The fourth-order valence-electron chi connectivity index (χ4n) is 7.14. The summed E-state index contributed by atoms with van der Waals surface area (Å²) < 4.78 is 96.4. The molecule has 6 rings (SSSR count). The van der Waals surface area contributed by atoms with Crippen LogP contribution in [0, 0.1) is 0 Å². The van der Waals surface area contributed by atoms with Gasteiger partial charge >= 0.3 is 24.9 Å². The molecule has 3 heterocycles. The van der Waals surface area contributed by atoms with E-state index in [0.717, 1.165) is 31.6 Å². The summed E-state index contributed by atoms with van der Waals surface area (Å²) in [5.74, 6) is -0.372. The standard InChI is InChI=1S/C21H30F3N3O3.C17H22BrF3N2O3.C5H10.CH4/c1-20(2,3)30-19(28)27-12-10-25(11-13-27)15-16-6-7-17(26-8-4-5-9-26)14-18(16)29-21(22,23)24;1-16(2,3)26-15(24)23-8-6-22(7-9-23)11-12-4-5-13(18)10-14(12)25-17(19,20)21;1-2-4-5-3-1;/h6-7,14H,4-5,8-13,15H2,1-3H3;4-5,10H,6-9,11H2,1-3H3;1-5H2;1H4. The van der Waals surface area contributed by atoms with Gasteiger partial charge in [-0.05, 0) is 72.6 Å². The second-order valence-electron chi connectivity index (χ2n) is 17.6. The minimum absolute atomic E-state index is 0. The first-order chi connectivity index (χ1) is 28.4. The Bertz CT molecular complexity index is 1690. The van der Waals surface area contributed by atoms with E-state index >= 15 is 0 Å². The van der Waals surface area contributed by atoms with E-state index in [4.69, 9.17) is 9.47 Å². The van der Waals surface area contributed by atoms with Crippen LogP contribution in [0.3, 0.4) is 0 Å². The topological polar surface area (TPSA) is 87.3 Å². The molecule has 3 aliphatic heterocycles. The van der Waals surface area contributed by atoms with E-state index in [0.29, 0.717) is 81.0 Å². The molecule has 4 fully saturated rings. The molecule has 2 aromatic rings. The normalized spacial score (nSPS) is 17.9. The number of ether oxygens (including phenoxy) is 4. The molecule has 2 aromatic carbocycles. The van der Waals surface area contributed by atoms with Gasteiger partial charge in [0.25, 0.3) is 0 Å². The Morgan fingerprint density at radius 3 is 1.29 bits per heavy atom. The van der Waals surface area contributed by atoms with Crippen molar-refractivity contribution in [2.75, 3.05) is 70.3 Å². The predicted octanol–water partition coefficient (Wildman–Crippen LogP) is 11.2. The van der Waals surface area contributed by atoms with Gasteiger partial charge in [-0.25, -0.2) is 9.59 Å². The molecule has 352 valence electrons. The Kier molecular flexibility index (Phi) is 19.8. The monoisotopic (exact) mass is 953 g/mol. The summed E-state index contributed by atoms with van der Waals surface area (Å²) in [6, 6.07) is 9.65. The van der Waals surface area contributed by atoms with Gasteiger partial charge in [-0.15, -0.1) is 26.3 Å². The average Bonchev–Trinajstić information content (AvgIpc) is 3.91. The number of anilines is 1. The molecule has 4 aliphatic rings. The van der Waals surface area contributed by atoms with Crippen molar-refractivity contribution in [2.45, 2.75) is 131 Å². The SMILES string of the molecule is C.C1CCCC1.CC(C)(C)OC(=O)N1CCN(Cc2ccc(Br)cc2OC(F)(F)F)CC1.CC(C)(C)OC(=O)N1CCN(Cc2ccc(N3CCCC3)cc2OC(F)(F)F)CC1. The smallest absolute Gasteiger partial charge is 0.444 e. The number of amides is 2. The molecule has 0 spiro atoms. The van der Waals surface area contributed by atoms with Crippen molar-refractivity contribution in [2.24, 2.45) is 0 Å². The zero-order valence-electron chi connectivity index (χ0n) is 36.2. The molecule has 18 heteroatoms. The van der Waals surface area contributed by atoms with Crippen molar-refractivity contribution in [1.29, 1.82) is 0 Å². The summed E-state index contributed by atoms with van der Waals surface area (Å²) in [5.41, 5.74) is 0.562. The van der Waals surface area contributed by atoms with Crippen LogP contribution in [0.1, 0.15) is 105 Å². The van der Waals surface area contributed by atoms with Crippen LogP contribution in [0.5, 0.6) is 11.5 Å². The van der Waals surface area contributed by atoms with E-state index in [-0.39, 0.29) is 31.1 Å². The molecule has 0 bridgehead atoms. The van der Waals surface area contributed by atoms with Gasteiger partial charge < -0.3 is 33.6 Å². The maximum absolute atomic E-state index is 13.0. The van der Waals surface area contributed by atoms with Crippen molar-refractivity contribution in [3.63, 3.8) is 0 Å². The van der Waals surface area contributed by atoms with Crippen LogP contribution in [0.15, 0.2) is 40.9 Å². The summed E-state index contributed by atoms with van der Waals surface area (Å²) in [6.45, 7) is 17.2. The van der Waals surface area contributed by atoms with Crippen molar-refractivity contribution in [1.82, 2.24) is 19.6 Å². The molecule has 0 atom stereocenters. The molecular weight excluding hydrogens is 888 g/mol. The third kappa shape index (κ3) is 19.4. The lowest BCUT2D eigenvalue weighted by molar-refractivity contribution is -0.276. The Labute approximate surface area is 372 Å². The molecule has 0 radical (unpaired) electrons. The number of nitrogens with zero attached hydrogens (tertiary/aromatic N) is 5. The Morgan fingerprint density at radius 2 is 0.919 bits per heavy atom. The lowest BCUT2D eigenvalue weighted by Gasteiger charge is -2.35. The van der Waals surface area contributed by atoms with Gasteiger partial charge in [0.1, 0.15) is 22.7 Å². The average molecular weight is 955 g/mol. The molecule has 3 saturated heterocycles. The molecule has 1 saturated carbocycles. The van der Waals surface area contributed by atoms with Crippen LogP contribution in [-0.4, -0.2) is 121 Å². The number of rotatable bonds is 7. The third-order valence-corrected chi connectivity index (χ3v) is 10.6. The lowest BCUT2D eigenvalue weighted by atomic mass is 10.1. The number of hydrogen-bond acceptors (Lipinski definition) is 9. The number of halogens is 7. The van der Waals surface area contributed by atoms with E-state index < -0.39 is 23.9 Å². The summed E-state index contributed by atoms with van der Waals surface area (Å²) in [6.07, 6.45) is -0.642. The number of carbonyl (C=O) groups is 2. The summed E-state index contributed by atoms with van der Waals surface area (Å²) in [4.78, 5) is 33.6. The van der Waals surface area contributed by atoms with E-state index in [9.17, 15) is 35.9 Å². The zero-order valence-corrected chi connectivity index (χ0v) is 37.8. The molecule has 11 nitrogen and oxygen atoms in total. The number of hydrogen-bond donors (Lipinski definition) is 0. The first kappa shape index (κ1) is 52.7. The van der Waals surface area contributed by atoms with Crippen LogP contribution in [-0.2, 0) is 22.6 Å². The molecule has 1 aliphatic carbocycles. The molecule has 0 N–H and O–H groups in total. The van der Waals surface area contributed by atoms with Gasteiger partial charge in [0.05, 0.1) is 0 Å². The van der Waals surface area contributed by atoms with Gasteiger partial charge in [-0.3, -0.25) is 9.80 Å². The quantitative estimate of drug-likeness (QED) is 0.252. The van der Waals surface area contributed by atoms with Crippen molar-refractivity contribution in [3.05, 3.63) is 52.0 Å². The lowest BCUT2D eigenvalue weighted by Crippen LogP contribution is -2.49. The van der Waals surface area contributed by atoms with Gasteiger partial charge in [0, 0.05) is 106 Å². The number of benzene rings is 2. The third-order valence-electron chi connectivity index (χ3n) is 10.1. The van der Waals surface area contributed by atoms with Gasteiger partial charge in [0.15, 0.2) is 0 Å². The fourth-order valence-corrected chi connectivity index (χ4v) is 7.48. The van der Waals surface area contributed by atoms with Crippen LogP contribution in [0.2, 0.25) is 0 Å². The highest BCUT2D eigenvalue weighted by molar-refractivity contribution is 9.10. The number of alkyl halides is 6. The highest BCUT2D eigenvalue weighted by atomic mass is 79.9. The van der Waals surface area contributed by atoms with Crippen molar-refractivity contribution >= 4 is 33.8 Å². The molecule has 62 heavy (non-hydrogen) atoms. The molecule has 0 unspecified atom stereocenters. The summed E-state index contributed by atoms with van der Waals surface area (Å²) in [5, 5.41) is 0. The first-order valence-electron chi connectivity index (χ1n) is 21.0. The molecule has 0 aromatic heterocycles. The molecular formula is C44H66BrF6N5O6. The van der Waals surface area contributed by atoms with E-state index in [1.807, 2.05) is 36.6 Å². The van der Waals surface area contributed by atoms with Crippen LogP contribution in [0.4, 0.5) is 41.6 Å². The highest BCUT2D eigenvalue weighted by Crippen LogP contribution is 2.34. The number of piperazine rings is 2. The van der Waals surface area contributed by atoms with Gasteiger partial charge in [-0.1, -0.05) is 67.6 Å². The molecule has 2 amide bonds. The number of carbonyl (C=O) groups excluding carboxylic acids is 2. The van der Waals surface area contributed by atoms with Crippen molar-refractivity contribution < 1.29 is 54.9 Å².